The van der Waals surface area contributed by atoms with Gasteiger partial charge < -0.3 is 0 Å². The highest BCUT2D eigenvalue weighted by molar-refractivity contribution is 5.87. The van der Waals surface area contributed by atoms with E-state index in [1.807, 2.05) is 6.08 Å². The van der Waals surface area contributed by atoms with Gasteiger partial charge in [-0.25, -0.2) is 0 Å². The molecule has 0 heterocycles. The molecule has 1 saturated carbocycles. The molecule has 0 aromatic heterocycles. The predicted molar refractivity (Wildman–Crippen MR) is 55.5 cm³/mol. The van der Waals surface area contributed by atoms with Crippen molar-refractivity contribution in [1.82, 2.24) is 0 Å². The number of hydrogen-bond donors (Lipinski definition) is 0. The smallest absolute Gasteiger partial charge is 0.152 e. The molecule has 0 amide bonds. The van der Waals surface area contributed by atoms with Gasteiger partial charge in [-0.2, -0.15) is 0 Å². The van der Waals surface area contributed by atoms with Gasteiger partial charge in [-0.15, -0.1) is 0 Å². The average Bonchev–Trinajstić information content (AvgIpc) is 2.53. The third kappa shape index (κ3) is 4.07. The molecule has 1 fully saturated rings. The minimum absolute atomic E-state index is 0.124. The van der Waals surface area contributed by atoms with Crippen LogP contribution in [0.15, 0.2) is 23.8 Å². The predicted octanol–water partition coefficient (Wildman–Crippen LogP) is 3.27. The third-order valence-electron chi connectivity index (χ3n) is 2.48. The fourth-order valence-corrected chi connectivity index (χ4v) is 1.80. The topological polar surface area (TPSA) is 17.1 Å². The summed E-state index contributed by atoms with van der Waals surface area (Å²) in [6.07, 6.45) is 11.2. The van der Waals surface area contributed by atoms with Gasteiger partial charge in [0, 0.05) is 0 Å². The largest absolute Gasteiger partial charge is 0.295 e. The highest BCUT2D eigenvalue weighted by Crippen LogP contribution is 2.26. The lowest BCUT2D eigenvalue weighted by Crippen LogP contribution is -1.88. The second-order valence-corrected chi connectivity index (χ2v) is 3.90. The van der Waals surface area contributed by atoms with Crippen LogP contribution in [-0.2, 0) is 4.79 Å². The van der Waals surface area contributed by atoms with Crippen LogP contribution in [0.25, 0.3) is 0 Å². The molecule has 0 N–H and O–H groups in total. The minimum atomic E-state index is 0.124. The van der Waals surface area contributed by atoms with Gasteiger partial charge in [0.1, 0.15) is 0 Å². The van der Waals surface area contributed by atoms with Crippen molar-refractivity contribution >= 4 is 5.78 Å². The second-order valence-electron chi connectivity index (χ2n) is 3.90. The van der Waals surface area contributed by atoms with Crippen LogP contribution in [0.3, 0.4) is 0 Å². The molecule has 1 aliphatic carbocycles. The fraction of sp³-hybridized carbons (Fsp3) is 0.583. The molecule has 0 aromatic carbocycles. The molecule has 0 spiro atoms. The van der Waals surface area contributed by atoms with E-state index in [4.69, 9.17) is 0 Å². The molecular formula is C12H18O. The molecule has 0 radical (unpaired) electrons. The maximum atomic E-state index is 10.7. The van der Waals surface area contributed by atoms with Crippen molar-refractivity contribution < 1.29 is 4.79 Å². The molecule has 0 bridgehead atoms. The Hall–Kier alpha value is -0.850. The summed E-state index contributed by atoms with van der Waals surface area (Å²) in [5.41, 5.74) is 1.22. The van der Waals surface area contributed by atoms with Crippen molar-refractivity contribution in [3.8, 4) is 0 Å². The molecular weight excluding hydrogens is 160 g/mol. The lowest BCUT2D eigenvalue weighted by molar-refractivity contribution is -0.112. The van der Waals surface area contributed by atoms with Crippen LogP contribution in [0.4, 0.5) is 0 Å². The Morgan fingerprint density at radius 1 is 1.15 bits per heavy atom. The van der Waals surface area contributed by atoms with Gasteiger partial charge in [0.15, 0.2) is 5.78 Å². The molecule has 0 aromatic rings. The molecule has 0 saturated heterocycles. The highest BCUT2D eigenvalue weighted by atomic mass is 16.1. The molecule has 0 unspecified atom stereocenters. The summed E-state index contributed by atoms with van der Waals surface area (Å²) in [6.45, 7) is 3.65. The summed E-state index contributed by atoms with van der Waals surface area (Å²) < 4.78 is 0. The fourth-order valence-electron chi connectivity index (χ4n) is 1.80. The van der Waals surface area contributed by atoms with E-state index in [1.165, 1.54) is 31.3 Å². The Bertz CT molecular complexity index is 230. The van der Waals surface area contributed by atoms with Crippen molar-refractivity contribution in [3.05, 3.63) is 23.8 Å². The van der Waals surface area contributed by atoms with Gasteiger partial charge in [0.2, 0.25) is 0 Å². The number of allylic oxidation sites excluding steroid dienone is 4. The number of carbonyl (C=O) groups is 1. The summed E-state index contributed by atoms with van der Waals surface area (Å²) >= 11 is 0. The van der Waals surface area contributed by atoms with Crippen LogP contribution in [0.2, 0.25) is 0 Å². The number of ketones is 1. The van der Waals surface area contributed by atoms with E-state index in [2.05, 4.69) is 13.0 Å². The van der Waals surface area contributed by atoms with E-state index in [0.717, 1.165) is 5.92 Å². The SMILES string of the molecule is CC(=O)C=CC(C)=CC1CCCC1. The van der Waals surface area contributed by atoms with E-state index < -0.39 is 0 Å². The highest BCUT2D eigenvalue weighted by Gasteiger charge is 2.11. The van der Waals surface area contributed by atoms with Gasteiger partial charge in [0.25, 0.3) is 0 Å². The first kappa shape index (κ1) is 10.2. The lowest BCUT2D eigenvalue weighted by Gasteiger charge is -2.01. The third-order valence-corrected chi connectivity index (χ3v) is 2.48. The van der Waals surface area contributed by atoms with Crippen LogP contribution >= 0.6 is 0 Å². The Balaban J connectivity index is 2.45. The summed E-state index contributed by atoms with van der Waals surface area (Å²) in [6, 6.07) is 0. The Labute approximate surface area is 80.5 Å². The van der Waals surface area contributed by atoms with Crippen LogP contribution < -0.4 is 0 Å². The first-order valence-corrected chi connectivity index (χ1v) is 5.05. The number of hydrogen-bond acceptors (Lipinski definition) is 1. The molecule has 1 nitrogen and oxygen atoms in total. The van der Waals surface area contributed by atoms with Crippen molar-refractivity contribution in [2.45, 2.75) is 39.5 Å². The van der Waals surface area contributed by atoms with E-state index in [-0.39, 0.29) is 5.78 Å². The zero-order valence-corrected chi connectivity index (χ0v) is 8.55. The average molecular weight is 178 g/mol. The standard InChI is InChI=1S/C12H18O/c1-10(7-8-11(2)13)9-12-5-3-4-6-12/h7-9,12H,3-6H2,1-2H3. The van der Waals surface area contributed by atoms with E-state index in [0.29, 0.717) is 0 Å². The zero-order chi connectivity index (χ0) is 9.68. The van der Waals surface area contributed by atoms with E-state index in [1.54, 1.807) is 13.0 Å². The van der Waals surface area contributed by atoms with Crippen LogP contribution in [0, 0.1) is 5.92 Å². The quantitative estimate of drug-likeness (QED) is 0.479. The van der Waals surface area contributed by atoms with Gasteiger partial charge >= 0.3 is 0 Å². The lowest BCUT2D eigenvalue weighted by atomic mass is 10.0. The van der Waals surface area contributed by atoms with Gasteiger partial charge in [-0.3, -0.25) is 4.79 Å². The van der Waals surface area contributed by atoms with Gasteiger partial charge in [0.05, 0.1) is 0 Å². The van der Waals surface area contributed by atoms with Crippen LogP contribution in [0.5, 0.6) is 0 Å². The summed E-state index contributed by atoms with van der Waals surface area (Å²) in [5, 5.41) is 0. The first-order chi connectivity index (χ1) is 6.18. The summed E-state index contributed by atoms with van der Waals surface area (Å²) in [5.74, 6) is 0.885. The van der Waals surface area contributed by atoms with Crippen molar-refractivity contribution in [2.75, 3.05) is 0 Å². The maximum absolute atomic E-state index is 10.7. The van der Waals surface area contributed by atoms with Crippen molar-refractivity contribution in [1.29, 1.82) is 0 Å². The Morgan fingerprint density at radius 2 is 1.77 bits per heavy atom. The number of carbonyl (C=O) groups excluding carboxylic acids is 1. The van der Waals surface area contributed by atoms with E-state index >= 15 is 0 Å². The molecule has 0 atom stereocenters. The number of rotatable bonds is 3. The maximum Gasteiger partial charge on any atom is 0.152 e. The molecule has 0 aliphatic heterocycles. The second kappa shape index (κ2) is 5.00. The molecule has 1 aliphatic rings. The molecule has 72 valence electrons. The monoisotopic (exact) mass is 178 g/mol. The Kier molecular flexibility index (Phi) is 3.94. The minimum Gasteiger partial charge on any atom is -0.295 e. The van der Waals surface area contributed by atoms with Crippen LogP contribution in [0.1, 0.15) is 39.5 Å². The molecule has 1 rings (SSSR count). The van der Waals surface area contributed by atoms with Gasteiger partial charge in [-0.1, -0.05) is 30.6 Å². The zero-order valence-electron chi connectivity index (χ0n) is 8.55. The normalized spacial score (nSPS) is 20.0. The summed E-state index contributed by atoms with van der Waals surface area (Å²) in [7, 11) is 0. The van der Waals surface area contributed by atoms with E-state index in [9.17, 15) is 4.79 Å². The van der Waals surface area contributed by atoms with Crippen molar-refractivity contribution in [2.24, 2.45) is 5.92 Å². The molecule has 13 heavy (non-hydrogen) atoms. The Morgan fingerprint density at radius 3 is 2.31 bits per heavy atom. The van der Waals surface area contributed by atoms with Crippen LogP contribution in [-0.4, -0.2) is 5.78 Å². The summed E-state index contributed by atoms with van der Waals surface area (Å²) in [4.78, 5) is 10.7. The van der Waals surface area contributed by atoms with Gasteiger partial charge in [-0.05, 0) is 38.7 Å². The first-order valence-electron chi connectivity index (χ1n) is 5.05. The molecule has 1 heteroatoms. The van der Waals surface area contributed by atoms with Crippen molar-refractivity contribution in [3.63, 3.8) is 0 Å².